The van der Waals surface area contributed by atoms with Crippen molar-refractivity contribution in [3.8, 4) is 11.3 Å². The first-order valence-electron chi connectivity index (χ1n) is 15.7. The molecule has 0 aliphatic heterocycles. The van der Waals surface area contributed by atoms with Gasteiger partial charge in [-0.3, -0.25) is 14.8 Å². The number of aliphatic hydroxyl groups excluding tert-OH is 1. The summed E-state index contributed by atoms with van der Waals surface area (Å²) in [5.41, 5.74) is 5.54. The Bertz CT molecular complexity index is 1600. The van der Waals surface area contributed by atoms with E-state index in [1.165, 1.54) is 33.5 Å². The molecule has 0 saturated carbocycles. The van der Waals surface area contributed by atoms with E-state index in [1.54, 1.807) is 0 Å². The quantitative estimate of drug-likeness (QED) is 0.105. The fourth-order valence-corrected chi connectivity index (χ4v) is 6.17. The van der Waals surface area contributed by atoms with Gasteiger partial charge in [0.05, 0.1) is 5.76 Å². The molecule has 1 radical (unpaired) electrons. The molecule has 2 heterocycles. The zero-order valence-electron chi connectivity index (χ0n) is 27.0. The molecular weight excluding hydrogens is 709 g/mol. The average molecular weight is 756 g/mol. The maximum absolute atomic E-state index is 11.7. The Hall–Kier alpha value is -2.88. The van der Waals surface area contributed by atoms with Gasteiger partial charge in [0.25, 0.3) is 0 Å². The summed E-state index contributed by atoms with van der Waals surface area (Å²) in [6.07, 6.45) is 7.82. The normalized spacial score (nSPS) is 13.6. The van der Waals surface area contributed by atoms with Gasteiger partial charge in [0.15, 0.2) is 5.78 Å². The van der Waals surface area contributed by atoms with E-state index in [2.05, 4.69) is 76.2 Å². The molecule has 0 fully saturated rings. The Balaban J connectivity index is 0.000000274. The van der Waals surface area contributed by atoms with Crippen molar-refractivity contribution in [1.82, 2.24) is 9.97 Å². The Kier molecular flexibility index (Phi) is 11.9. The predicted molar refractivity (Wildman–Crippen MR) is 176 cm³/mol. The van der Waals surface area contributed by atoms with Crippen molar-refractivity contribution < 1.29 is 30.0 Å². The molecule has 4 aromatic rings. The molecule has 0 spiro atoms. The van der Waals surface area contributed by atoms with Crippen LogP contribution < -0.4 is 0 Å². The molecule has 1 aliphatic carbocycles. The Morgan fingerprint density at radius 3 is 2.23 bits per heavy atom. The standard InChI is InChI=1S/C25H23N2.C13H24O2.Ir/c1-15(2)11-19-12-18-9-10-26-23-20-13-16-7-5-6-8-17(16)14-21(20)25(3,4)24(27-19)22(18)23;1-5-10(6-2)12(14)9-13(15)11(7-3)8-4;/h5-10,12,14-15H,11H2,1-4H3;9-11,14H,5-8H2,1-4H3;/q-1;;/b;12-9-;. The first-order valence-corrected chi connectivity index (χ1v) is 15.7. The Morgan fingerprint density at radius 1 is 0.953 bits per heavy atom. The van der Waals surface area contributed by atoms with Crippen molar-refractivity contribution in [2.24, 2.45) is 17.8 Å². The molecular formula is C38H47IrN2O2-. The van der Waals surface area contributed by atoms with E-state index < -0.39 is 0 Å². The summed E-state index contributed by atoms with van der Waals surface area (Å²) in [6.45, 7) is 17.1. The number of carbonyl (C=O) groups is 1. The Labute approximate surface area is 271 Å². The van der Waals surface area contributed by atoms with Crippen LogP contribution in [-0.2, 0) is 36.7 Å². The maximum atomic E-state index is 11.7. The number of benzene rings is 2. The van der Waals surface area contributed by atoms with Crippen LogP contribution in [0.3, 0.4) is 0 Å². The zero-order valence-corrected chi connectivity index (χ0v) is 29.4. The number of fused-ring (bicyclic) bond motifs is 3. The molecule has 2 aromatic carbocycles. The van der Waals surface area contributed by atoms with Gasteiger partial charge in [0.1, 0.15) is 0 Å². The zero-order chi connectivity index (χ0) is 30.6. The number of aromatic nitrogens is 2. The second-order valence-corrected chi connectivity index (χ2v) is 12.6. The third kappa shape index (κ3) is 7.27. The van der Waals surface area contributed by atoms with E-state index in [1.807, 2.05) is 33.9 Å². The fourth-order valence-electron chi connectivity index (χ4n) is 6.17. The molecule has 0 saturated heterocycles. The number of aliphatic hydroxyl groups is 1. The van der Waals surface area contributed by atoms with Gasteiger partial charge < -0.3 is 5.11 Å². The van der Waals surface area contributed by atoms with Crippen LogP contribution in [0.15, 0.2) is 60.5 Å². The molecule has 43 heavy (non-hydrogen) atoms. The average Bonchev–Trinajstić information content (AvgIpc) is 2.96. The van der Waals surface area contributed by atoms with Crippen LogP contribution in [0.5, 0.6) is 0 Å². The first-order chi connectivity index (χ1) is 20.0. The van der Waals surface area contributed by atoms with Gasteiger partial charge in [-0.15, -0.1) is 23.6 Å². The topological polar surface area (TPSA) is 63.1 Å². The van der Waals surface area contributed by atoms with E-state index in [0.29, 0.717) is 5.92 Å². The third-order valence-corrected chi connectivity index (χ3v) is 8.79. The van der Waals surface area contributed by atoms with E-state index in [-0.39, 0.29) is 48.9 Å². The summed E-state index contributed by atoms with van der Waals surface area (Å²) >= 11 is 0. The number of carbonyl (C=O) groups excluding carboxylic acids is 1. The number of rotatable bonds is 9. The van der Waals surface area contributed by atoms with Crippen molar-refractivity contribution >= 4 is 27.3 Å². The van der Waals surface area contributed by atoms with Crippen LogP contribution in [0, 0.1) is 23.8 Å². The summed E-state index contributed by atoms with van der Waals surface area (Å²) in [4.78, 5) is 21.6. The van der Waals surface area contributed by atoms with E-state index >= 15 is 0 Å². The van der Waals surface area contributed by atoms with Gasteiger partial charge in [0, 0.05) is 66.7 Å². The summed E-state index contributed by atoms with van der Waals surface area (Å²) in [7, 11) is 0. The van der Waals surface area contributed by atoms with Crippen molar-refractivity contribution in [3.05, 3.63) is 83.5 Å². The van der Waals surface area contributed by atoms with Gasteiger partial charge in [-0.1, -0.05) is 90.1 Å². The fraction of sp³-hybridized carbons (Fsp3) is 0.447. The van der Waals surface area contributed by atoms with Crippen molar-refractivity contribution in [2.45, 2.75) is 92.9 Å². The largest absolute Gasteiger partial charge is 0.512 e. The van der Waals surface area contributed by atoms with Crippen LogP contribution in [0.25, 0.3) is 32.8 Å². The number of nitrogens with zero attached hydrogens (tertiary/aromatic N) is 2. The smallest absolute Gasteiger partial charge is 0.162 e. The minimum atomic E-state index is -0.183. The van der Waals surface area contributed by atoms with E-state index in [4.69, 9.17) is 9.97 Å². The SMILES string of the molecule is CC(C)Cc1cc2ccnc3c2c(n1)C(C)(C)c1cc2ccccc2[c-]c1-3.CCC(CC)C(=O)/C=C(\O)C(CC)CC.[Ir]. The summed E-state index contributed by atoms with van der Waals surface area (Å²) in [5, 5.41) is 14.5. The van der Waals surface area contributed by atoms with Gasteiger partial charge >= 0.3 is 0 Å². The number of pyridine rings is 2. The Morgan fingerprint density at radius 2 is 1.60 bits per heavy atom. The summed E-state index contributed by atoms with van der Waals surface area (Å²) in [5.74, 6) is 1.13. The van der Waals surface area contributed by atoms with Crippen molar-refractivity contribution in [1.29, 1.82) is 0 Å². The van der Waals surface area contributed by atoms with Crippen LogP contribution in [0.2, 0.25) is 0 Å². The molecule has 4 nitrogen and oxygen atoms in total. The molecule has 0 unspecified atom stereocenters. The third-order valence-electron chi connectivity index (χ3n) is 8.79. The number of hydrogen-bond donors (Lipinski definition) is 1. The molecule has 0 bridgehead atoms. The molecule has 0 amide bonds. The predicted octanol–water partition coefficient (Wildman–Crippen LogP) is 9.96. The maximum Gasteiger partial charge on any atom is 0.162 e. The minimum absolute atomic E-state index is 0. The minimum Gasteiger partial charge on any atom is -0.512 e. The molecule has 5 heteroatoms. The monoisotopic (exact) mass is 756 g/mol. The summed E-state index contributed by atoms with van der Waals surface area (Å²) < 4.78 is 0. The molecule has 5 rings (SSSR count). The van der Waals surface area contributed by atoms with Crippen LogP contribution >= 0.6 is 0 Å². The number of allylic oxidation sites excluding steroid dienone is 2. The van der Waals surface area contributed by atoms with Gasteiger partial charge in [-0.2, -0.15) is 0 Å². The number of hydrogen-bond acceptors (Lipinski definition) is 4. The summed E-state index contributed by atoms with van der Waals surface area (Å²) in [6, 6.07) is 18.8. The van der Waals surface area contributed by atoms with Gasteiger partial charge in [-0.05, 0) is 60.9 Å². The number of ketones is 1. The second kappa shape index (κ2) is 14.7. The van der Waals surface area contributed by atoms with Crippen LogP contribution in [0.4, 0.5) is 0 Å². The molecule has 1 aliphatic rings. The second-order valence-electron chi connectivity index (χ2n) is 12.6. The van der Waals surface area contributed by atoms with Gasteiger partial charge in [-0.25, -0.2) is 0 Å². The molecule has 231 valence electrons. The first kappa shape index (κ1) is 34.6. The van der Waals surface area contributed by atoms with Crippen molar-refractivity contribution in [2.75, 3.05) is 0 Å². The molecule has 0 atom stereocenters. The van der Waals surface area contributed by atoms with Gasteiger partial charge in [0.2, 0.25) is 0 Å². The van der Waals surface area contributed by atoms with Crippen molar-refractivity contribution in [3.63, 3.8) is 0 Å². The molecule has 1 N–H and O–H groups in total. The van der Waals surface area contributed by atoms with E-state index in [9.17, 15) is 9.90 Å². The van der Waals surface area contributed by atoms with E-state index in [0.717, 1.165) is 54.4 Å². The molecule has 2 aromatic heterocycles. The van der Waals surface area contributed by atoms with Crippen LogP contribution in [0.1, 0.15) is 98.0 Å². The van der Waals surface area contributed by atoms with Crippen LogP contribution in [-0.4, -0.2) is 20.9 Å².